The van der Waals surface area contributed by atoms with Crippen LogP contribution in [0.4, 0.5) is 13.2 Å². The number of benzene rings is 3. The Morgan fingerprint density at radius 2 is 1.59 bits per heavy atom. The zero-order valence-electron chi connectivity index (χ0n) is 20.6. The van der Waals surface area contributed by atoms with Gasteiger partial charge in [-0.1, -0.05) is 36.9 Å². The maximum Gasteiger partial charge on any atom is 0.343 e. The van der Waals surface area contributed by atoms with Crippen LogP contribution in [-0.2, 0) is 4.74 Å². The van der Waals surface area contributed by atoms with Gasteiger partial charge in [-0.2, -0.15) is 4.39 Å². The second-order valence-electron chi connectivity index (χ2n) is 8.92. The van der Waals surface area contributed by atoms with Gasteiger partial charge in [0.15, 0.2) is 23.1 Å². The summed E-state index contributed by atoms with van der Waals surface area (Å²) >= 11 is 0. The van der Waals surface area contributed by atoms with Gasteiger partial charge in [0.25, 0.3) is 0 Å². The first-order valence-corrected chi connectivity index (χ1v) is 12.4. The molecule has 3 aromatic carbocycles. The molecule has 0 aromatic heterocycles. The zero-order chi connectivity index (χ0) is 26.4. The molecule has 37 heavy (non-hydrogen) atoms. The molecule has 0 radical (unpaired) electrons. The lowest BCUT2D eigenvalue weighted by Crippen LogP contribution is -2.21. The third kappa shape index (κ3) is 6.23. The lowest BCUT2D eigenvalue weighted by atomic mass is 9.82. The molecule has 0 atom stereocenters. The Labute approximate surface area is 214 Å². The molecule has 0 amide bonds. The number of carbonyl (C=O) groups is 1. The van der Waals surface area contributed by atoms with Crippen LogP contribution in [0.3, 0.4) is 0 Å². The summed E-state index contributed by atoms with van der Waals surface area (Å²) < 4.78 is 60.0. The SMILES string of the molecule is C=CCOc1ccc(-c2ccc(C(=O)Oc3ccc(C4CCC(OCC)CC4)c(F)c3F)cc2)cc1F. The molecule has 1 aliphatic carbocycles. The zero-order valence-corrected chi connectivity index (χ0v) is 20.6. The van der Waals surface area contributed by atoms with Crippen LogP contribution < -0.4 is 9.47 Å². The van der Waals surface area contributed by atoms with Crippen LogP contribution in [0.1, 0.15) is 54.4 Å². The van der Waals surface area contributed by atoms with Crippen LogP contribution in [0, 0.1) is 17.5 Å². The summed E-state index contributed by atoms with van der Waals surface area (Å²) in [6, 6.07) is 13.5. The van der Waals surface area contributed by atoms with Crippen molar-refractivity contribution in [1.82, 2.24) is 0 Å². The lowest BCUT2D eigenvalue weighted by Gasteiger charge is -2.28. The Morgan fingerprint density at radius 3 is 2.24 bits per heavy atom. The van der Waals surface area contributed by atoms with E-state index in [0.29, 0.717) is 36.1 Å². The Hall–Kier alpha value is -3.58. The van der Waals surface area contributed by atoms with Crippen molar-refractivity contribution < 1.29 is 32.2 Å². The number of carbonyl (C=O) groups excluding carboxylic acids is 1. The van der Waals surface area contributed by atoms with Gasteiger partial charge in [0, 0.05) is 6.61 Å². The minimum Gasteiger partial charge on any atom is -0.486 e. The first-order valence-electron chi connectivity index (χ1n) is 12.4. The smallest absolute Gasteiger partial charge is 0.343 e. The van der Waals surface area contributed by atoms with Gasteiger partial charge in [0.1, 0.15) is 6.61 Å². The summed E-state index contributed by atoms with van der Waals surface area (Å²) in [5.41, 5.74) is 1.69. The van der Waals surface area contributed by atoms with Gasteiger partial charge < -0.3 is 14.2 Å². The van der Waals surface area contributed by atoms with Crippen LogP contribution in [0.15, 0.2) is 67.3 Å². The summed E-state index contributed by atoms with van der Waals surface area (Å²) in [4.78, 5) is 12.6. The molecule has 3 aromatic rings. The second-order valence-corrected chi connectivity index (χ2v) is 8.92. The number of esters is 1. The van der Waals surface area contributed by atoms with Crippen molar-refractivity contribution in [3.63, 3.8) is 0 Å². The molecule has 0 aliphatic heterocycles. The Kier molecular flexibility index (Phi) is 8.66. The molecule has 1 aliphatic rings. The number of hydrogen-bond donors (Lipinski definition) is 0. The maximum atomic E-state index is 14.9. The fourth-order valence-electron chi connectivity index (χ4n) is 4.62. The van der Waals surface area contributed by atoms with E-state index in [1.54, 1.807) is 18.2 Å². The van der Waals surface area contributed by atoms with Gasteiger partial charge >= 0.3 is 5.97 Å². The normalized spacial score (nSPS) is 17.3. The standard InChI is InChI=1S/C30H29F3O4/c1-3-17-36-26-15-11-22(18-25(26)31)19-5-7-21(8-6-19)30(34)37-27-16-14-24(28(32)29(27)33)20-9-12-23(13-10-20)35-4-2/h3,5-8,11,14-16,18,20,23H,1,4,9-10,12-13,17H2,2H3. The van der Waals surface area contributed by atoms with Crippen molar-refractivity contribution in [2.75, 3.05) is 13.2 Å². The molecule has 0 spiro atoms. The van der Waals surface area contributed by atoms with Gasteiger partial charge in [-0.15, -0.1) is 0 Å². The number of hydrogen-bond acceptors (Lipinski definition) is 4. The summed E-state index contributed by atoms with van der Waals surface area (Å²) in [6.45, 7) is 6.30. The van der Waals surface area contributed by atoms with Crippen molar-refractivity contribution in [3.05, 3.63) is 95.8 Å². The molecule has 0 unspecified atom stereocenters. The Morgan fingerprint density at radius 1 is 0.919 bits per heavy atom. The van der Waals surface area contributed by atoms with Crippen molar-refractivity contribution in [2.45, 2.75) is 44.6 Å². The third-order valence-electron chi connectivity index (χ3n) is 6.54. The summed E-state index contributed by atoms with van der Waals surface area (Å²) in [5.74, 6) is -3.96. The molecule has 1 saturated carbocycles. The molecule has 1 fully saturated rings. The predicted molar refractivity (Wildman–Crippen MR) is 135 cm³/mol. The van der Waals surface area contributed by atoms with Crippen LogP contribution in [0.25, 0.3) is 11.1 Å². The molecular formula is C30H29F3O4. The number of rotatable bonds is 9. The van der Waals surface area contributed by atoms with Crippen LogP contribution >= 0.6 is 0 Å². The summed E-state index contributed by atoms with van der Waals surface area (Å²) in [6.07, 6.45) is 4.70. The monoisotopic (exact) mass is 510 g/mol. The van der Waals surface area contributed by atoms with Gasteiger partial charge in [0.05, 0.1) is 11.7 Å². The molecular weight excluding hydrogens is 481 g/mol. The predicted octanol–water partition coefficient (Wildman–Crippen LogP) is 7.62. The molecule has 4 rings (SSSR count). The summed E-state index contributed by atoms with van der Waals surface area (Å²) in [7, 11) is 0. The van der Waals surface area contributed by atoms with Crippen molar-refractivity contribution in [3.8, 4) is 22.6 Å². The van der Waals surface area contributed by atoms with Crippen molar-refractivity contribution >= 4 is 5.97 Å². The highest BCUT2D eigenvalue weighted by Crippen LogP contribution is 2.37. The van der Waals surface area contributed by atoms with Gasteiger partial charge in [-0.25, -0.2) is 13.6 Å². The quantitative estimate of drug-likeness (QED) is 0.169. The molecule has 194 valence electrons. The number of ether oxygens (including phenoxy) is 3. The summed E-state index contributed by atoms with van der Waals surface area (Å²) in [5, 5.41) is 0. The lowest BCUT2D eigenvalue weighted by molar-refractivity contribution is 0.0325. The molecule has 0 saturated heterocycles. The second kappa shape index (κ2) is 12.1. The largest absolute Gasteiger partial charge is 0.486 e. The first-order chi connectivity index (χ1) is 17.9. The van der Waals surface area contributed by atoms with E-state index in [4.69, 9.17) is 14.2 Å². The van der Waals surface area contributed by atoms with E-state index in [9.17, 15) is 18.0 Å². The highest BCUT2D eigenvalue weighted by atomic mass is 19.2. The van der Waals surface area contributed by atoms with Crippen molar-refractivity contribution in [1.29, 1.82) is 0 Å². The Balaban J connectivity index is 1.42. The van der Waals surface area contributed by atoms with E-state index in [1.165, 1.54) is 42.5 Å². The molecule has 0 heterocycles. The fraction of sp³-hybridized carbons (Fsp3) is 0.300. The first kappa shape index (κ1) is 26.5. The minimum absolute atomic E-state index is 0.101. The Bertz CT molecular complexity index is 1250. The molecule has 4 nitrogen and oxygen atoms in total. The highest BCUT2D eigenvalue weighted by Gasteiger charge is 2.27. The van der Waals surface area contributed by atoms with Gasteiger partial charge in [0.2, 0.25) is 5.82 Å². The minimum atomic E-state index is -1.18. The molecule has 7 heteroatoms. The van der Waals surface area contributed by atoms with E-state index in [2.05, 4.69) is 6.58 Å². The molecule has 0 bridgehead atoms. The molecule has 0 N–H and O–H groups in total. The average Bonchev–Trinajstić information content (AvgIpc) is 2.91. The van der Waals surface area contributed by atoms with E-state index in [1.807, 2.05) is 6.92 Å². The van der Waals surface area contributed by atoms with Crippen LogP contribution in [0.2, 0.25) is 0 Å². The van der Waals surface area contributed by atoms with E-state index < -0.39 is 29.2 Å². The fourth-order valence-corrected chi connectivity index (χ4v) is 4.62. The van der Waals surface area contributed by atoms with E-state index >= 15 is 0 Å². The number of halogens is 3. The van der Waals surface area contributed by atoms with Crippen LogP contribution in [-0.4, -0.2) is 25.3 Å². The topological polar surface area (TPSA) is 44.8 Å². The van der Waals surface area contributed by atoms with Gasteiger partial charge in [-0.3, -0.25) is 0 Å². The average molecular weight is 511 g/mol. The van der Waals surface area contributed by atoms with Gasteiger partial charge in [-0.05, 0) is 85.5 Å². The van der Waals surface area contributed by atoms with Crippen LogP contribution in [0.5, 0.6) is 11.5 Å². The van der Waals surface area contributed by atoms with E-state index in [-0.39, 0.29) is 29.9 Å². The highest BCUT2D eigenvalue weighted by molar-refractivity contribution is 5.91. The van der Waals surface area contributed by atoms with E-state index in [0.717, 1.165) is 12.8 Å². The van der Waals surface area contributed by atoms with Crippen molar-refractivity contribution in [2.24, 2.45) is 0 Å². The third-order valence-corrected chi connectivity index (χ3v) is 6.54. The maximum absolute atomic E-state index is 14.9.